The Hall–Kier alpha value is -4.24. The van der Waals surface area contributed by atoms with Crippen molar-refractivity contribution in [2.75, 3.05) is 0 Å². The fourth-order valence-electron chi connectivity index (χ4n) is 2.40. The standard InChI is InChI=1S/C22H13NO5/c23-14-18(24)17-12-7-13-19(27-21(25)15-8-3-1-4-9-15)20(17)28-22(26)16-10-5-2-6-11-16/h1-13H. The van der Waals surface area contributed by atoms with E-state index >= 15 is 0 Å². The number of nitriles is 1. The number of ether oxygens (including phenoxy) is 2. The minimum Gasteiger partial charge on any atom is -0.419 e. The Labute approximate surface area is 160 Å². The topological polar surface area (TPSA) is 93.5 Å². The summed E-state index contributed by atoms with van der Waals surface area (Å²) in [7, 11) is 0. The first kappa shape index (κ1) is 18.5. The van der Waals surface area contributed by atoms with Crippen LogP contribution >= 0.6 is 0 Å². The number of hydrogen-bond donors (Lipinski definition) is 0. The van der Waals surface area contributed by atoms with Crippen LogP contribution in [0.5, 0.6) is 11.5 Å². The maximum Gasteiger partial charge on any atom is 0.343 e. The molecule has 6 heteroatoms. The maximum atomic E-state index is 12.4. The van der Waals surface area contributed by atoms with Gasteiger partial charge in [-0.15, -0.1) is 0 Å². The zero-order valence-corrected chi connectivity index (χ0v) is 14.5. The van der Waals surface area contributed by atoms with Crippen molar-refractivity contribution in [3.05, 3.63) is 95.6 Å². The van der Waals surface area contributed by atoms with E-state index in [4.69, 9.17) is 14.7 Å². The molecule has 0 amide bonds. The molecule has 0 unspecified atom stereocenters. The third-order valence-electron chi connectivity index (χ3n) is 3.74. The number of esters is 2. The molecule has 0 fully saturated rings. The van der Waals surface area contributed by atoms with Crippen molar-refractivity contribution in [1.29, 1.82) is 5.26 Å². The van der Waals surface area contributed by atoms with Crippen LogP contribution < -0.4 is 9.47 Å². The summed E-state index contributed by atoms with van der Waals surface area (Å²) in [6, 6.07) is 21.9. The monoisotopic (exact) mass is 371 g/mol. The van der Waals surface area contributed by atoms with Gasteiger partial charge in [-0.3, -0.25) is 4.79 Å². The largest absolute Gasteiger partial charge is 0.419 e. The van der Waals surface area contributed by atoms with Crippen LogP contribution in [0.25, 0.3) is 0 Å². The van der Waals surface area contributed by atoms with Gasteiger partial charge in [0.1, 0.15) is 6.07 Å². The zero-order chi connectivity index (χ0) is 19.9. The minimum atomic E-state index is -0.923. The van der Waals surface area contributed by atoms with Crippen LogP contribution in [0.2, 0.25) is 0 Å². The second kappa shape index (κ2) is 8.43. The van der Waals surface area contributed by atoms with Crippen molar-refractivity contribution in [2.45, 2.75) is 0 Å². The summed E-state index contributed by atoms with van der Waals surface area (Å²) in [6.07, 6.45) is 0. The van der Waals surface area contributed by atoms with Crippen LogP contribution in [0.1, 0.15) is 31.1 Å². The SMILES string of the molecule is N#CC(=O)c1cccc(OC(=O)c2ccccc2)c1OC(=O)c1ccccc1. The number of Topliss-reactive ketones (excluding diaryl/α,β-unsaturated/α-hetero) is 1. The highest BCUT2D eigenvalue weighted by atomic mass is 16.6. The van der Waals surface area contributed by atoms with Crippen molar-refractivity contribution < 1.29 is 23.9 Å². The highest BCUT2D eigenvalue weighted by molar-refractivity contribution is 6.10. The number of rotatable bonds is 5. The fourth-order valence-corrected chi connectivity index (χ4v) is 2.40. The summed E-state index contributed by atoms with van der Waals surface area (Å²) < 4.78 is 10.7. The molecule has 0 atom stereocenters. The average Bonchev–Trinajstić information content (AvgIpc) is 2.75. The lowest BCUT2D eigenvalue weighted by molar-refractivity contribution is 0.0680. The van der Waals surface area contributed by atoms with Gasteiger partial charge in [-0.25, -0.2) is 9.59 Å². The van der Waals surface area contributed by atoms with Crippen LogP contribution in [0.3, 0.4) is 0 Å². The summed E-state index contributed by atoms with van der Waals surface area (Å²) in [5, 5.41) is 8.97. The fraction of sp³-hybridized carbons (Fsp3) is 0. The first-order chi connectivity index (χ1) is 13.6. The average molecular weight is 371 g/mol. The van der Waals surface area contributed by atoms with Crippen molar-refractivity contribution in [3.8, 4) is 17.6 Å². The van der Waals surface area contributed by atoms with E-state index in [-0.39, 0.29) is 28.2 Å². The van der Waals surface area contributed by atoms with Crippen molar-refractivity contribution in [3.63, 3.8) is 0 Å². The van der Waals surface area contributed by atoms with E-state index in [2.05, 4.69) is 0 Å². The van der Waals surface area contributed by atoms with E-state index < -0.39 is 17.7 Å². The Morgan fingerprint density at radius 1 is 0.679 bits per heavy atom. The van der Waals surface area contributed by atoms with Gasteiger partial charge in [-0.2, -0.15) is 5.26 Å². The molecule has 136 valence electrons. The van der Waals surface area contributed by atoms with Gasteiger partial charge in [-0.05, 0) is 36.4 Å². The summed E-state index contributed by atoms with van der Waals surface area (Å²) in [5.41, 5.74) is 0.340. The van der Waals surface area contributed by atoms with E-state index in [1.54, 1.807) is 48.5 Å². The lowest BCUT2D eigenvalue weighted by Crippen LogP contribution is -2.15. The smallest absolute Gasteiger partial charge is 0.343 e. The van der Waals surface area contributed by atoms with E-state index in [0.717, 1.165) is 0 Å². The van der Waals surface area contributed by atoms with Crippen LogP contribution in [0.15, 0.2) is 78.9 Å². The van der Waals surface area contributed by atoms with Gasteiger partial charge >= 0.3 is 11.9 Å². The van der Waals surface area contributed by atoms with Gasteiger partial charge in [0.05, 0.1) is 16.7 Å². The Bertz CT molecular complexity index is 1070. The first-order valence-electron chi connectivity index (χ1n) is 8.22. The number of carbonyl (C=O) groups is 3. The second-order valence-electron chi connectivity index (χ2n) is 5.58. The van der Waals surface area contributed by atoms with Crippen LogP contribution in [0, 0.1) is 11.3 Å². The number of hydrogen-bond acceptors (Lipinski definition) is 6. The van der Waals surface area contributed by atoms with E-state index in [1.165, 1.54) is 36.4 Å². The summed E-state index contributed by atoms with van der Waals surface area (Å²) in [5.74, 6) is -2.80. The highest BCUT2D eigenvalue weighted by Crippen LogP contribution is 2.33. The Balaban J connectivity index is 1.98. The van der Waals surface area contributed by atoms with E-state index in [1.807, 2.05) is 0 Å². The molecule has 0 heterocycles. The quantitative estimate of drug-likeness (QED) is 0.293. The third kappa shape index (κ3) is 4.11. The summed E-state index contributed by atoms with van der Waals surface area (Å²) in [4.78, 5) is 36.8. The Kier molecular flexibility index (Phi) is 5.58. The number of benzene rings is 3. The first-order valence-corrected chi connectivity index (χ1v) is 8.22. The molecular weight excluding hydrogens is 358 g/mol. The molecule has 3 aromatic rings. The van der Waals surface area contributed by atoms with Gasteiger partial charge in [0.15, 0.2) is 11.5 Å². The van der Waals surface area contributed by atoms with Gasteiger partial charge in [0.25, 0.3) is 5.78 Å². The molecule has 0 aromatic heterocycles. The van der Waals surface area contributed by atoms with Gasteiger partial charge in [0, 0.05) is 0 Å². The van der Waals surface area contributed by atoms with E-state index in [9.17, 15) is 14.4 Å². The molecule has 0 aliphatic carbocycles. The molecule has 0 aliphatic heterocycles. The van der Waals surface area contributed by atoms with Crippen molar-refractivity contribution >= 4 is 17.7 Å². The molecule has 3 rings (SSSR count). The minimum absolute atomic E-state index is 0.140. The van der Waals surface area contributed by atoms with Crippen LogP contribution in [-0.2, 0) is 0 Å². The van der Waals surface area contributed by atoms with Crippen molar-refractivity contribution in [1.82, 2.24) is 0 Å². The lowest BCUT2D eigenvalue weighted by Gasteiger charge is -2.13. The predicted molar refractivity (Wildman–Crippen MR) is 99.2 cm³/mol. The molecule has 0 bridgehead atoms. The molecule has 0 radical (unpaired) electrons. The lowest BCUT2D eigenvalue weighted by atomic mass is 10.1. The van der Waals surface area contributed by atoms with Gasteiger partial charge in [0.2, 0.25) is 0 Å². The molecule has 0 aliphatic rings. The number of para-hydroxylation sites is 1. The Morgan fingerprint density at radius 3 is 1.75 bits per heavy atom. The number of ketones is 1. The Morgan fingerprint density at radius 2 is 1.21 bits per heavy atom. The molecular formula is C22H13NO5. The van der Waals surface area contributed by atoms with Crippen molar-refractivity contribution in [2.24, 2.45) is 0 Å². The molecule has 0 saturated heterocycles. The molecule has 3 aromatic carbocycles. The predicted octanol–water partition coefficient (Wildman–Crippen LogP) is 3.83. The van der Waals surface area contributed by atoms with Crippen LogP contribution in [-0.4, -0.2) is 17.7 Å². The summed E-state index contributed by atoms with van der Waals surface area (Å²) in [6.45, 7) is 0. The molecule has 0 spiro atoms. The van der Waals surface area contributed by atoms with Gasteiger partial charge < -0.3 is 9.47 Å². The summed E-state index contributed by atoms with van der Waals surface area (Å²) >= 11 is 0. The second-order valence-corrected chi connectivity index (χ2v) is 5.58. The zero-order valence-electron chi connectivity index (χ0n) is 14.5. The number of nitrogens with zero attached hydrogens (tertiary/aromatic N) is 1. The van der Waals surface area contributed by atoms with E-state index in [0.29, 0.717) is 0 Å². The molecule has 28 heavy (non-hydrogen) atoms. The normalized spacial score (nSPS) is 9.82. The van der Waals surface area contributed by atoms with Gasteiger partial charge in [-0.1, -0.05) is 42.5 Å². The number of carbonyl (C=O) groups excluding carboxylic acids is 3. The molecule has 0 N–H and O–H groups in total. The maximum absolute atomic E-state index is 12.4. The van der Waals surface area contributed by atoms with Crippen LogP contribution in [0.4, 0.5) is 0 Å². The molecule has 0 saturated carbocycles. The molecule has 6 nitrogen and oxygen atoms in total. The highest BCUT2D eigenvalue weighted by Gasteiger charge is 2.22. The third-order valence-corrected chi connectivity index (χ3v) is 3.74.